The van der Waals surface area contributed by atoms with Gasteiger partial charge in [0.25, 0.3) is 0 Å². The van der Waals surface area contributed by atoms with Crippen LogP contribution in [0.4, 0.5) is 5.69 Å². The second kappa shape index (κ2) is 4.14. The Kier molecular flexibility index (Phi) is 3.11. The van der Waals surface area contributed by atoms with Crippen molar-refractivity contribution in [1.82, 2.24) is 0 Å². The van der Waals surface area contributed by atoms with Crippen molar-refractivity contribution in [3.8, 4) is 0 Å². The molecule has 78 valence electrons. The number of ether oxygens (including phenoxy) is 1. The normalized spacial score (nSPS) is 10.5. The minimum Gasteiger partial charge on any atom is -0.457 e. The van der Waals surface area contributed by atoms with Crippen LogP contribution in [0.3, 0.4) is 0 Å². The van der Waals surface area contributed by atoms with E-state index in [1.54, 1.807) is 45.0 Å². The number of rotatable bonds is 1. The molecule has 1 aromatic carbocycles. The molecular formula is C12H13NO2. The Hall–Kier alpha value is -1.82. The average Bonchev–Trinajstić information content (AvgIpc) is 2.15. The molecule has 1 aromatic rings. The van der Waals surface area contributed by atoms with Gasteiger partial charge in [0.1, 0.15) is 5.60 Å². The van der Waals surface area contributed by atoms with Gasteiger partial charge >= 0.3 is 5.97 Å². The Bertz CT molecular complexity index is 410. The number of hydrogen-bond acceptors (Lipinski definition) is 2. The van der Waals surface area contributed by atoms with Crippen LogP contribution in [-0.2, 0) is 4.74 Å². The Labute approximate surface area is 89.5 Å². The first-order valence-corrected chi connectivity index (χ1v) is 4.64. The van der Waals surface area contributed by atoms with Gasteiger partial charge < -0.3 is 4.74 Å². The summed E-state index contributed by atoms with van der Waals surface area (Å²) in [6.07, 6.45) is 0. The highest BCUT2D eigenvalue weighted by molar-refractivity contribution is 5.96. The summed E-state index contributed by atoms with van der Waals surface area (Å²) in [5.74, 6) is -0.450. The molecule has 0 aliphatic heterocycles. The number of carbonyl (C=O) groups excluding carboxylic acids is 1. The van der Waals surface area contributed by atoms with Crippen LogP contribution in [0, 0.1) is 6.57 Å². The third-order valence-corrected chi connectivity index (χ3v) is 1.64. The SMILES string of the molecule is [C-]#[N+]c1ccccc1C(=O)OC(C)(C)C. The maximum atomic E-state index is 11.7. The predicted molar refractivity (Wildman–Crippen MR) is 57.9 cm³/mol. The number of benzene rings is 1. The van der Waals surface area contributed by atoms with Gasteiger partial charge in [-0.1, -0.05) is 24.3 Å². The second-order valence-corrected chi connectivity index (χ2v) is 4.13. The molecule has 0 aliphatic rings. The minimum absolute atomic E-state index is 0.322. The smallest absolute Gasteiger partial charge is 0.328 e. The van der Waals surface area contributed by atoms with Crippen molar-refractivity contribution in [2.24, 2.45) is 0 Å². The van der Waals surface area contributed by atoms with Gasteiger partial charge in [-0.25, -0.2) is 9.64 Å². The van der Waals surface area contributed by atoms with Gasteiger partial charge in [0, 0.05) is 0 Å². The number of esters is 1. The van der Waals surface area contributed by atoms with Gasteiger partial charge in [-0.05, 0) is 20.8 Å². The van der Waals surface area contributed by atoms with E-state index in [1.807, 2.05) is 0 Å². The molecule has 0 saturated carbocycles. The Balaban J connectivity index is 2.98. The van der Waals surface area contributed by atoms with Gasteiger partial charge in [0.05, 0.1) is 12.1 Å². The predicted octanol–water partition coefficient (Wildman–Crippen LogP) is 3.19. The van der Waals surface area contributed by atoms with Gasteiger partial charge in [-0.15, -0.1) is 0 Å². The first-order chi connectivity index (χ1) is 6.94. The largest absolute Gasteiger partial charge is 0.457 e. The Morgan fingerprint density at radius 2 is 1.93 bits per heavy atom. The number of hydrogen-bond donors (Lipinski definition) is 0. The average molecular weight is 203 g/mol. The molecule has 1 rings (SSSR count). The molecule has 15 heavy (non-hydrogen) atoms. The second-order valence-electron chi connectivity index (χ2n) is 4.13. The first kappa shape index (κ1) is 11.3. The first-order valence-electron chi connectivity index (χ1n) is 4.64. The van der Waals surface area contributed by atoms with E-state index in [1.165, 1.54) is 0 Å². The van der Waals surface area contributed by atoms with Crippen LogP contribution in [0.25, 0.3) is 4.85 Å². The molecule has 0 aromatic heterocycles. The molecule has 0 bridgehead atoms. The quantitative estimate of drug-likeness (QED) is 0.518. The van der Waals surface area contributed by atoms with Crippen LogP contribution in [0.1, 0.15) is 31.1 Å². The van der Waals surface area contributed by atoms with Crippen molar-refractivity contribution < 1.29 is 9.53 Å². The van der Waals surface area contributed by atoms with E-state index >= 15 is 0 Å². The van der Waals surface area contributed by atoms with Crippen LogP contribution < -0.4 is 0 Å². The minimum atomic E-state index is -0.535. The molecule has 0 atom stereocenters. The fourth-order valence-electron chi connectivity index (χ4n) is 1.08. The molecule has 0 aliphatic carbocycles. The van der Waals surface area contributed by atoms with E-state index in [4.69, 9.17) is 11.3 Å². The van der Waals surface area contributed by atoms with Gasteiger partial charge in [-0.3, -0.25) is 0 Å². The highest BCUT2D eigenvalue weighted by Crippen LogP contribution is 2.21. The summed E-state index contributed by atoms with van der Waals surface area (Å²) in [5.41, 5.74) is 0.112. The zero-order chi connectivity index (χ0) is 11.5. The van der Waals surface area contributed by atoms with Crippen LogP contribution in [0.5, 0.6) is 0 Å². The lowest BCUT2D eigenvalue weighted by Crippen LogP contribution is -2.23. The van der Waals surface area contributed by atoms with Crippen molar-refractivity contribution in [1.29, 1.82) is 0 Å². The number of carbonyl (C=O) groups is 1. The van der Waals surface area contributed by atoms with Gasteiger partial charge in [0.15, 0.2) is 0 Å². The van der Waals surface area contributed by atoms with Crippen LogP contribution >= 0.6 is 0 Å². The standard InChI is InChI=1S/C12H13NO2/c1-12(2,3)15-11(14)9-7-5-6-8-10(9)13-4/h5-8H,1-3H3. The van der Waals surface area contributed by atoms with Crippen LogP contribution in [0.15, 0.2) is 24.3 Å². The van der Waals surface area contributed by atoms with Crippen molar-refractivity contribution >= 4 is 11.7 Å². The molecule has 0 N–H and O–H groups in total. The Morgan fingerprint density at radius 1 is 1.33 bits per heavy atom. The fraction of sp³-hybridized carbons (Fsp3) is 0.333. The van der Waals surface area contributed by atoms with E-state index in [0.717, 1.165) is 0 Å². The van der Waals surface area contributed by atoms with E-state index in [-0.39, 0.29) is 0 Å². The topological polar surface area (TPSA) is 30.7 Å². The molecule has 0 saturated heterocycles. The summed E-state index contributed by atoms with van der Waals surface area (Å²) >= 11 is 0. The highest BCUT2D eigenvalue weighted by atomic mass is 16.6. The third kappa shape index (κ3) is 3.10. The van der Waals surface area contributed by atoms with E-state index in [9.17, 15) is 4.79 Å². The molecule has 0 unspecified atom stereocenters. The maximum Gasteiger partial charge on any atom is 0.328 e. The summed E-state index contributed by atoms with van der Waals surface area (Å²) in [7, 11) is 0. The molecule has 0 amide bonds. The third-order valence-electron chi connectivity index (χ3n) is 1.64. The molecule has 3 heteroatoms. The number of nitrogens with zero attached hydrogens (tertiary/aromatic N) is 1. The molecule has 3 nitrogen and oxygen atoms in total. The van der Waals surface area contributed by atoms with Gasteiger partial charge in [0.2, 0.25) is 5.69 Å². The van der Waals surface area contributed by atoms with Crippen molar-refractivity contribution in [2.45, 2.75) is 26.4 Å². The molecule has 0 radical (unpaired) electrons. The van der Waals surface area contributed by atoms with Gasteiger partial charge in [-0.2, -0.15) is 0 Å². The zero-order valence-electron chi connectivity index (χ0n) is 9.07. The summed E-state index contributed by atoms with van der Waals surface area (Å²) in [5, 5.41) is 0. The van der Waals surface area contributed by atoms with Crippen molar-refractivity contribution in [3.63, 3.8) is 0 Å². The molecular weight excluding hydrogens is 190 g/mol. The molecule has 0 fully saturated rings. The van der Waals surface area contributed by atoms with E-state index in [0.29, 0.717) is 11.3 Å². The lowest BCUT2D eigenvalue weighted by molar-refractivity contribution is 0.00709. The highest BCUT2D eigenvalue weighted by Gasteiger charge is 2.19. The monoisotopic (exact) mass is 203 g/mol. The van der Waals surface area contributed by atoms with Crippen LogP contribution in [0.2, 0.25) is 0 Å². The van der Waals surface area contributed by atoms with Crippen molar-refractivity contribution in [3.05, 3.63) is 41.2 Å². The lowest BCUT2D eigenvalue weighted by Gasteiger charge is -2.19. The number of para-hydroxylation sites is 1. The maximum absolute atomic E-state index is 11.7. The van der Waals surface area contributed by atoms with Crippen LogP contribution in [-0.4, -0.2) is 11.6 Å². The summed E-state index contributed by atoms with van der Waals surface area (Å²) in [4.78, 5) is 14.9. The zero-order valence-corrected chi connectivity index (χ0v) is 9.07. The molecule has 0 heterocycles. The Morgan fingerprint density at radius 3 is 2.47 bits per heavy atom. The van der Waals surface area contributed by atoms with Crippen molar-refractivity contribution in [2.75, 3.05) is 0 Å². The summed E-state index contributed by atoms with van der Waals surface area (Å²) < 4.78 is 5.18. The van der Waals surface area contributed by atoms with E-state index in [2.05, 4.69) is 4.85 Å². The summed E-state index contributed by atoms with van der Waals surface area (Å²) in [6, 6.07) is 6.64. The summed E-state index contributed by atoms with van der Waals surface area (Å²) in [6.45, 7) is 12.3. The molecule has 0 spiro atoms. The lowest BCUT2D eigenvalue weighted by atomic mass is 10.1. The van der Waals surface area contributed by atoms with E-state index < -0.39 is 11.6 Å². The fourth-order valence-corrected chi connectivity index (χ4v) is 1.08.